The second kappa shape index (κ2) is 6.72. The Kier molecular flexibility index (Phi) is 5.59. The highest BCUT2D eigenvalue weighted by atomic mass is 35.5. The van der Waals surface area contributed by atoms with Crippen LogP contribution in [0.2, 0.25) is 5.02 Å². The fourth-order valence-corrected chi connectivity index (χ4v) is 2.26. The molecule has 4 N–H and O–H groups in total. The topological polar surface area (TPSA) is 55.3 Å². The molecular weight excluding hydrogens is 234 g/mol. The summed E-state index contributed by atoms with van der Waals surface area (Å²) in [6.07, 6.45) is 2.19. The van der Waals surface area contributed by atoms with Crippen LogP contribution in [0.25, 0.3) is 0 Å². The normalized spacial score (nSPS) is 10.6. The maximum absolute atomic E-state index is 6.08. The lowest BCUT2D eigenvalue weighted by atomic mass is 10.1. The molecule has 4 heteroatoms. The zero-order chi connectivity index (χ0) is 12.8. The number of nitrogen functional groups attached to an aromatic ring is 1. The van der Waals surface area contributed by atoms with Gasteiger partial charge < -0.3 is 16.4 Å². The molecule has 0 unspecified atom stereocenters. The SMILES string of the molecule is CCCN(CCC)c1cc(Cl)cc(N)c1CN. The Bertz CT molecular complexity index is 360. The molecule has 0 aliphatic carbocycles. The van der Waals surface area contributed by atoms with Crippen LogP contribution >= 0.6 is 11.6 Å². The lowest BCUT2D eigenvalue weighted by molar-refractivity contribution is 0.740. The van der Waals surface area contributed by atoms with Gasteiger partial charge in [-0.2, -0.15) is 0 Å². The number of nitrogens with zero attached hydrogens (tertiary/aromatic N) is 1. The molecule has 0 saturated carbocycles. The zero-order valence-electron chi connectivity index (χ0n) is 10.7. The van der Waals surface area contributed by atoms with Crippen molar-refractivity contribution in [3.63, 3.8) is 0 Å². The van der Waals surface area contributed by atoms with Crippen LogP contribution in [-0.4, -0.2) is 13.1 Å². The number of anilines is 2. The molecular formula is C13H22ClN3. The summed E-state index contributed by atoms with van der Waals surface area (Å²) in [6, 6.07) is 3.73. The number of hydrogen-bond acceptors (Lipinski definition) is 3. The van der Waals surface area contributed by atoms with E-state index < -0.39 is 0 Å². The first-order valence-electron chi connectivity index (χ1n) is 6.16. The number of hydrogen-bond donors (Lipinski definition) is 2. The fourth-order valence-electron chi connectivity index (χ4n) is 2.04. The van der Waals surface area contributed by atoms with Crippen molar-refractivity contribution in [2.24, 2.45) is 5.73 Å². The van der Waals surface area contributed by atoms with E-state index in [0.717, 1.165) is 37.2 Å². The largest absolute Gasteiger partial charge is 0.398 e. The Balaban J connectivity index is 3.15. The molecule has 0 fully saturated rings. The molecule has 0 heterocycles. The second-order valence-electron chi connectivity index (χ2n) is 4.18. The molecule has 0 saturated heterocycles. The molecule has 0 atom stereocenters. The first kappa shape index (κ1) is 14.1. The van der Waals surface area contributed by atoms with Crippen LogP contribution in [0.1, 0.15) is 32.3 Å². The molecule has 96 valence electrons. The Labute approximate surface area is 109 Å². The van der Waals surface area contributed by atoms with E-state index in [2.05, 4.69) is 18.7 Å². The van der Waals surface area contributed by atoms with Crippen molar-refractivity contribution in [2.45, 2.75) is 33.2 Å². The van der Waals surface area contributed by atoms with Crippen molar-refractivity contribution in [1.82, 2.24) is 0 Å². The minimum Gasteiger partial charge on any atom is -0.398 e. The maximum Gasteiger partial charge on any atom is 0.0447 e. The summed E-state index contributed by atoms with van der Waals surface area (Å²) in [5.74, 6) is 0. The van der Waals surface area contributed by atoms with Crippen molar-refractivity contribution in [3.05, 3.63) is 22.7 Å². The van der Waals surface area contributed by atoms with Gasteiger partial charge in [-0.3, -0.25) is 0 Å². The highest BCUT2D eigenvalue weighted by Gasteiger charge is 2.12. The number of halogens is 1. The first-order valence-corrected chi connectivity index (χ1v) is 6.54. The van der Waals surface area contributed by atoms with Gasteiger partial charge in [0.25, 0.3) is 0 Å². The van der Waals surface area contributed by atoms with Crippen LogP contribution in [0.4, 0.5) is 11.4 Å². The summed E-state index contributed by atoms with van der Waals surface area (Å²) in [7, 11) is 0. The Hall–Kier alpha value is -0.930. The first-order chi connectivity index (χ1) is 8.13. The average molecular weight is 256 g/mol. The highest BCUT2D eigenvalue weighted by molar-refractivity contribution is 6.31. The third kappa shape index (κ3) is 3.51. The van der Waals surface area contributed by atoms with E-state index in [1.54, 1.807) is 6.07 Å². The van der Waals surface area contributed by atoms with Crippen molar-refractivity contribution in [2.75, 3.05) is 23.7 Å². The van der Waals surface area contributed by atoms with Gasteiger partial charge >= 0.3 is 0 Å². The van der Waals surface area contributed by atoms with Crippen molar-refractivity contribution >= 4 is 23.0 Å². The van der Waals surface area contributed by atoms with Gasteiger partial charge in [0.1, 0.15) is 0 Å². The van der Waals surface area contributed by atoms with Crippen LogP contribution < -0.4 is 16.4 Å². The Morgan fingerprint density at radius 2 is 1.76 bits per heavy atom. The van der Waals surface area contributed by atoms with Crippen molar-refractivity contribution in [3.8, 4) is 0 Å². The number of nitrogens with two attached hydrogens (primary N) is 2. The molecule has 0 aliphatic heterocycles. The maximum atomic E-state index is 6.08. The minimum absolute atomic E-state index is 0.447. The summed E-state index contributed by atoms with van der Waals surface area (Å²) in [5.41, 5.74) is 14.5. The average Bonchev–Trinajstić information content (AvgIpc) is 2.28. The molecule has 3 nitrogen and oxygen atoms in total. The minimum atomic E-state index is 0.447. The molecule has 0 bridgehead atoms. The molecule has 17 heavy (non-hydrogen) atoms. The quantitative estimate of drug-likeness (QED) is 0.769. The highest BCUT2D eigenvalue weighted by Crippen LogP contribution is 2.30. The molecule has 1 rings (SSSR count). The van der Waals surface area contributed by atoms with Crippen LogP contribution in [0, 0.1) is 0 Å². The van der Waals surface area contributed by atoms with E-state index in [0.29, 0.717) is 17.3 Å². The van der Waals surface area contributed by atoms with Crippen LogP contribution in [0.15, 0.2) is 12.1 Å². The molecule has 0 aromatic heterocycles. The van der Waals surface area contributed by atoms with E-state index in [-0.39, 0.29) is 0 Å². The van der Waals surface area contributed by atoms with Crippen LogP contribution in [0.5, 0.6) is 0 Å². The second-order valence-corrected chi connectivity index (χ2v) is 4.62. The number of rotatable bonds is 6. The summed E-state index contributed by atoms with van der Waals surface area (Å²) in [5, 5.41) is 0.673. The summed E-state index contributed by atoms with van der Waals surface area (Å²) in [6.45, 7) is 6.78. The fraction of sp³-hybridized carbons (Fsp3) is 0.538. The van der Waals surface area contributed by atoms with Gasteiger partial charge in [0.2, 0.25) is 0 Å². The van der Waals surface area contributed by atoms with E-state index >= 15 is 0 Å². The van der Waals surface area contributed by atoms with Gasteiger partial charge in [-0.15, -0.1) is 0 Å². The third-order valence-corrected chi connectivity index (χ3v) is 2.98. The summed E-state index contributed by atoms with van der Waals surface area (Å²) < 4.78 is 0. The lowest BCUT2D eigenvalue weighted by Crippen LogP contribution is -2.27. The van der Waals surface area contributed by atoms with E-state index in [1.165, 1.54) is 0 Å². The number of benzene rings is 1. The van der Waals surface area contributed by atoms with Crippen LogP contribution in [0.3, 0.4) is 0 Å². The van der Waals surface area contributed by atoms with E-state index in [9.17, 15) is 0 Å². The van der Waals surface area contributed by atoms with Gasteiger partial charge in [-0.05, 0) is 25.0 Å². The molecule has 0 spiro atoms. The van der Waals surface area contributed by atoms with Gasteiger partial charge in [0, 0.05) is 41.6 Å². The van der Waals surface area contributed by atoms with Crippen molar-refractivity contribution < 1.29 is 0 Å². The van der Waals surface area contributed by atoms with Crippen molar-refractivity contribution in [1.29, 1.82) is 0 Å². The lowest BCUT2D eigenvalue weighted by Gasteiger charge is -2.27. The molecule has 1 aromatic rings. The predicted molar refractivity (Wildman–Crippen MR) is 76.6 cm³/mol. The molecule has 0 amide bonds. The van der Waals surface area contributed by atoms with E-state index in [4.69, 9.17) is 23.1 Å². The summed E-state index contributed by atoms with van der Waals surface area (Å²) in [4.78, 5) is 2.31. The Morgan fingerprint density at radius 1 is 1.18 bits per heavy atom. The Morgan fingerprint density at radius 3 is 2.24 bits per heavy atom. The summed E-state index contributed by atoms with van der Waals surface area (Å²) >= 11 is 6.08. The van der Waals surface area contributed by atoms with Gasteiger partial charge in [-0.1, -0.05) is 25.4 Å². The monoisotopic (exact) mass is 255 g/mol. The molecule has 0 radical (unpaired) electrons. The third-order valence-electron chi connectivity index (χ3n) is 2.76. The van der Waals surface area contributed by atoms with Gasteiger partial charge in [0.05, 0.1) is 0 Å². The van der Waals surface area contributed by atoms with Gasteiger partial charge in [-0.25, -0.2) is 0 Å². The van der Waals surface area contributed by atoms with Gasteiger partial charge in [0.15, 0.2) is 0 Å². The zero-order valence-corrected chi connectivity index (χ0v) is 11.4. The molecule has 1 aromatic carbocycles. The predicted octanol–water partition coefficient (Wildman–Crippen LogP) is 3.01. The van der Waals surface area contributed by atoms with E-state index in [1.807, 2.05) is 6.07 Å². The standard InChI is InChI=1S/C13H22ClN3/c1-3-5-17(6-4-2)13-8-10(14)7-12(16)11(13)9-15/h7-8H,3-6,9,15-16H2,1-2H3. The van der Waals surface area contributed by atoms with Crippen LogP contribution in [-0.2, 0) is 6.54 Å². The molecule has 0 aliphatic rings. The smallest absolute Gasteiger partial charge is 0.0447 e.